The summed E-state index contributed by atoms with van der Waals surface area (Å²) in [5.74, 6) is 0.985. The molecule has 138 valence electrons. The molecule has 0 spiro atoms. The number of rotatable bonds is 3. The first-order valence-electron chi connectivity index (χ1n) is 9.16. The lowest BCUT2D eigenvalue weighted by atomic mass is 9.85. The van der Waals surface area contributed by atoms with Gasteiger partial charge in [-0.25, -0.2) is 0 Å². The number of benzene rings is 1. The van der Waals surface area contributed by atoms with E-state index >= 15 is 0 Å². The van der Waals surface area contributed by atoms with Crippen LogP contribution < -0.4 is 4.74 Å². The van der Waals surface area contributed by atoms with Gasteiger partial charge < -0.3 is 19.3 Å². The Kier molecular flexibility index (Phi) is 5.35. The Hall–Kier alpha value is -1.59. The fraction of sp³-hybridized carbons (Fsp3) is 0.650. The Balaban J connectivity index is 1.80. The van der Waals surface area contributed by atoms with E-state index in [1.165, 1.54) is 0 Å². The van der Waals surface area contributed by atoms with Crippen LogP contribution in [0.15, 0.2) is 12.1 Å². The summed E-state index contributed by atoms with van der Waals surface area (Å²) in [6, 6.07) is 4.63. The van der Waals surface area contributed by atoms with E-state index in [1.807, 2.05) is 30.9 Å². The molecule has 1 aliphatic carbocycles. The monoisotopic (exact) mass is 346 g/mol. The molecule has 5 nitrogen and oxygen atoms in total. The number of amides is 1. The van der Waals surface area contributed by atoms with Gasteiger partial charge in [0.15, 0.2) is 0 Å². The molecule has 1 saturated heterocycles. The van der Waals surface area contributed by atoms with E-state index in [9.17, 15) is 4.79 Å². The zero-order valence-corrected chi connectivity index (χ0v) is 16.0. The maximum atomic E-state index is 13.2. The van der Waals surface area contributed by atoms with Crippen LogP contribution in [-0.4, -0.2) is 68.3 Å². The van der Waals surface area contributed by atoms with Gasteiger partial charge in [-0.3, -0.25) is 4.79 Å². The van der Waals surface area contributed by atoms with Gasteiger partial charge in [0.2, 0.25) is 0 Å². The minimum atomic E-state index is 0.121. The molecule has 5 heteroatoms. The minimum Gasteiger partial charge on any atom is -0.496 e. The van der Waals surface area contributed by atoms with Crippen molar-refractivity contribution in [2.75, 3.05) is 34.4 Å². The van der Waals surface area contributed by atoms with Crippen molar-refractivity contribution < 1.29 is 14.3 Å². The average molecular weight is 346 g/mol. The third-order valence-electron chi connectivity index (χ3n) is 5.70. The Morgan fingerprint density at radius 1 is 1.24 bits per heavy atom. The molecule has 0 N–H and O–H groups in total. The number of carbonyl (C=O) groups excluding carboxylic acids is 1. The molecule has 1 saturated carbocycles. The first-order valence-corrected chi connectivity index (χ1v) is 9.16. The number of fused-ring (bicyclic) bond motifs is 1. The summed E-state index contributed by atoms with van der Waals surface area (Å²) >= 11 is 0. The van der Waals surface area contributed by atoms with Gasteiger partial charge >= 0.3 is 0 Å². The van der Waals surface area contributed by atoms with Gasteiger partial charge in [0, 0.05) is 18.2 Å². The van der Waals surface area contributed by atoms with E-state index in [-0.39, 0.29) is 18.1 Å². The zero-order valence-electron chi connectivity index (χ0n) is 16.0. The molecule has 1 aromatic carbocycles. The van der Waals surface area contributed by atoms with Crippen LogP contribution >= 0.6 is 0 Å². The van der Waals surface area contributed by atoms with Crippen molar-refractivity contribution in [1.29, 1.82) is 0 Å². The molecule has 2 aliphatic rings. The highest BCUT2D eigenvalue weighted by molar-refractivity contribution is 5.95. The quantitative estimate of drug-likeness (QED) is 0.844. The summed E-state index contributed by atoms with van der Waals surface area (Å²) in [4.78, 5) is 17.5. The van der Waals surface area contributed by atoms with Gasteiger partial charge in [0.05, 0.1) is 25.9 Å². The molecule has 25 heavy (non-hydrogen) atoms. The molecular formula is C20H30N2O3. The Morgan fingerprint density at radius 2 is 1.92 bits per heavy atom. The summed E-state index contributed by atoms with van der Waals surface area (Å²) in [7, 11) is 5.92. The van der Waals surface area contributed by atoms with Gasteiger partial charge in [-0.15, -0.1) is 0 Å². The Bertz CT molecular complexity index is 621. The van der Waals surface area contributed by atoms with Gasteiger partial charge in [-0.05, 0) is 70.5 Å². The number of methoxy groups -OCH3 is 1. The molecule has 3 atom stereocenters. The van der Waals surface area contributed by atoms with Crippen molar-refractivity contribution in [3.63, 3.8) is 0 Å². The third-order valence-corrected chi connectivity index (χ3v) is 5.70. The molecule has 1 heterocycles. The maximum absolute atomic E-state index is 13.2. The average Bonchev–Trinajstić information content (AvgIpc) is 2.59. The SMILES string of the molecule is COc1c(C)cc(C(=O)N2CCO[C@@H]3C[C@@H](N(C)C)CC[C@H]32)cc1C. The number of aryl methyl sites for hydroxylation is 2. The smallest absolute Gasteiger partial charge is 0.254 e. The highest BCUT2D eigenvalue weighted by atomic mass is 16.5. The largest absolute Gasteiger partial charge is 0.496 e. The summed E-state index contributed by atoms with van der Waals surface area (Å²) < 4.78 is 11.4. The third kappa shape index (κ3) is 3.53. The first-order chi connectivity index (χ1) is 11.9. The molecule has 3 rings (SSSR count). The normalized spacial score (nSPS) is 26.5. The van der Waals surface area contributed by atoms with E-state index in [0.717, 1.165) is 41.7 Å². The Morgan fingerprint density at radius 3 is 2.52 bits per heavy atom. The van der Waals surface area contributed by atoms with E-state index in [1.54, 1.807) is 7.11 Å². The highest BCUT2D eigenvalue weighted by Crippen LogP contribution is 2.32. The van der Waals surface area contributed by atoms with Crippen LogP contribution in [0.2, 0.25) is 0 Å². The number of hydrogen-bond donors (Lipinski definition) is 0. The van der Waals surface area contributed by atoms with Crippen LogP contribution in [0.3, 0.4) is 0 Å². The van der Waals surface area contributed by atoms with Crippen LogP contribution in [0.4, 0.5) is 0 Å². The molecule has 1 aliphatic heterocycles. The maximum Gasteiger partial charge on any atom is 0.254 e. The van der Waals surface area contributed by atoms with Crippen LogP contribution in [-0.2, 0) is 4.74 Å². The van der Waals surface area contributed by atoms with E-state index < -0.39 is 0 Å². The highest BCUT2D eigenvalue weighted by Gasteiger charge is 2.40. The van der Waals surface area contributed by atoms with Gasteiger partial charge in [-0.1, -0.05) is 0 Å². The summed E-state index contributed by atoms with van der Waals surface area (Å²) in [6.45, 7) is 5.29. The Labute approximate surface area is 150 Å². The first kappa shape index (κ1) is 18.2. The molecule has 0 bridgehead atoms. The van der Waals surface area contributed by atoms with Crippen LogP contribution in [0.1, 0.15) is 40.7 Å². The number of ether oxygens (including phenoxy) is 2. The predicted octanol–water partition coefficient (Wildman–Crippen LogP) is 2.64. The standard InChI is InChI=1S/C20H30N2O3/c1-13-10-15(11-14(2)19(13)24-5)20(23)22-8-9-25-18-12-16(21(3)4)6-7-17(18)22/h10-11,16-18H,6-9,12H2,1-5H3/t16-,17+,18+/m0/s1. The second-order valence-electron chi connectivity index (χ2n) is 7.55. The molecule has 0 unspecified atom stereocenters. The van der Waals surface area contributed by atoms with Crippen molar-refractivity contribution in [3.8, 4) is 5.75 Å². The summed E-state index contributed by atoms with van der Waals surface area (Å²) in [5.41, 5.74) is 2.77. The van der Waals surface area contributed by atoms with Crippen molar-refractivity contribution in [1.82, 2.24) is 9.80 Å². The predicted molar refractivity (Wildman–Crippen MR) is 98.4 cm³/mol. The van der Waals surface area contributed by atoms with Gasteiger partial charge in [0.25, 0.3) is 5.91 Å². The van der Waals surface area contributed by atoms with E-state index in [2.05, 4.69) is 19.0 Å². The second-order valence-corrected chi connectivity index (χ2v) is 7.55. The summed E-state index contributed by atoms with van der Waals surface area (Å²) in [5, 5.41) is 0. The number of morpholine rings is 1. The molecule has 1 aromatic rings. The van der Waals surface area contributed by atoms with Gasteiger partial charge in [0.1, 0.15) is 5.75 Å². The van der Waals surface area contributed by atoms with Crippen LogP contribution in [0.25, 0.3) is 0 Å². The molecule has 0 aromatic heterocycles. The molecule has 2 fully saturated rings. The lowest BCUT2D eigenvalue weighted by molar-refractivity contribution is -0.0877. The number of hydrogen-bond acceptors (Lipinski definition) is 4. The van der Waals surface area contributed by atoms with Crippen LogP contribution in [0.5, 0.6) is 5.75 Å². The fourth-order valence-corrected chi connectivity index (χ4v) is 4.38. The van der Waals surface area contributed by atoms with Crippen molar-refractivity contribution >= 4 is 5.91 Å². The lowest BCUT2D eigenvalue weighted by Crippen LogP contribution is -2.57. The lowest BCUT2D eigenvalue weighted by Gasteiger charge is -2.47. The molecular weight excluding hydrogens is 316 g/mol. The topological polar surface area (TPSA) is 42.0 Å². The van der Waals surface area contributed by atoms with Crippen LogP contribution in [0, 0.1) is 13.8 Å². The van der Waals surface area contributed by atoms with E-state index in [0.29, 0.717) is 19.2 Å². The van der Waals surface area contributed by atoms with Crippen molar-refractivity contribution in [2.45, 2.75) is 51.3 Å². The molecule has 0 radical (unpaired) electrons. The van der Waals surface area contributed by atoms with E-state index in [4.69, 9.17) is 9.47 Å². The minimum absolute atomic E-state index is 0.121. The van der Waals surface area contributed by atoms with Crippen molar-refractivity contribution in [2.24, 2.45) is 0 Å². The fourth-order valence-electron chi connectivity index (χ4n) is 4.38. The number of carbonyl (C=O) groups is 1. The number of nitrogens with zero attached hydrogens (tertiary/aromatic N) is 2. The van der Waals surface area contributed by atoms with Crippen molar-refractivity contribution in [3.05, 3.63) is 28.8 Å². The molecule has 1 amide bonds. The zero-order chi connectivity index (χ0) is 18.1. The van der Waals surface area contributed by atoms with Gasteiger partial charge in [-0.2, -0.15) is 0 Å². The second kappa shape index (κ2) is 7.34. The summed E-state index contributed by atoms with van der Waals surface area (Å²) in [6.07, 6.45) is 3.27.